The molecular weight excluding hydrogens is 584 g/mol. The van der Waals surface area contributed by atoms with Crippen LogP contribution in [-0.4, -0.2) is 118 Å². The third kappa shape index (κ3) is 7.08. The van der Waals surface area contributed by atoms with E-state index in [0.717, 1.165) is 6.07 Å². The van der Waals surface area contributed by atoms with Gasteiger partial charge < -0.3 is 64.2 Å². The molecule has 2 aliphatic rings. The summed E-state index contributed by atoms with van der Waals surface area (Å²) >= 11 is 0. The molecule has 2 heterocycles. The van der Waals surface area contributed by atoms with E-state index in [1.807, 2.05) is 0 Å². The van der Waals surface area contributed by atoms with E-state index in [-0.39, 0.29) is 35.2 Å². The molecule has 4 rings (SSSR count). The molecule has 2 aromatic carbocycles. The lowest BCUT2D eigenvalue weighted by Crippen LogP contribution is -2.61. The lowest BCUT2D eigenvalue weighted by Gasteiger charge is -2.42. The summed E-state index contributed by atoms with van der Waals surface area (Å²) < 4.78 is 32.7. The Labute approximate surface area is 253 Å². The van der Waals surface area contributed by atoms with Gasteiger partial charge in [-0.1, -0.05) is 19.1 Å². The average molecular weight is 623 g/mol. The van der Waals surface area contributed by atoms with Gasteiger partial charge in [-0.2, -0.15) is 0 Å². The highest BCUT2D eigenvalue weighted by molar-refractivity contribution is 6.10. The van der Waals surface area contributed by atoms with Crippen molar-refractivity contribution in [3.05, 3.63) is 47.5 Å². The number of ketones is 1. The molecule has 14 nitrogen and oxygen atoms in total. The zero-order valence-electron chi connectivity index (χ0n) is 24.5. The van der Waals surface area contributed by atoms with Crippen LogP contribution in [0, 0.1) is 5.92 Å². The van der Waals surface area contributed by atoms with Crippen molar-refractivity contribution in [3.8, 4) is 28.7 Å². The van der Waals surface area contributed by atoms with Crippen molar-refractivity contribution in [1.82, 2.24) is 0 Å². The van der Waals surface area contributed by atoms with Gasteiger partial charge in [0.05, 0.1) is 33.0 Å². The minimum Gasteiger partial charge on any atom is -0.507 e. The number of carbonyl (C=O) groups is 1. The molecule has 44 heavy (non-hydrogen) atoms. The van der Waals surface area contributed by atoms with Crippen LogP contribution in [0.1, 0.15) is 29.8 Å². The number of methoxy groups -OCH3 is 2. The summed E-state index contributed by atoms with van der Waals surface area (Å²) in [6.45, 7) is 2.86. The zero-order chi connectivity index (χ0) is 32.3. The van der Waals surface area contributed by atoms with Crippen LogP contribution >= 0.6 is 0 Å². The molecule has 0 bridgehead atoms. The van der Waals surface area contributed by atoms with Crippen molar-refractivity contribution in [2.45, 2.75) is 69.2 Å². The Morgan fingerprint density at radius 3 is 2.18 bits per heavy atom. The smallest absolute Gasteiger partial charge is 0.229 e. The van der Waals surface area contributed by atoms with Gasteiger partial charge in [-0.25, -0.2) is 0 Å². The van der Waals surface area contributed by atoms with Gasteiger partial charge in [0, 0.05) is 18.1 Å². The van der Waals surface area contributed by atoms with Crippen molar-refractivity contribution in [3.63, 3.8) is 0 Å². The second-order valence-electron chi connectivity index (χ2n) is 10.7. The maximum Gasteiger partial charge on any atom is 0.229 e. The largest absolute Gasteiger partial charge is 0.507 e. The fourth-order valence-electron chi connectivity index (χ4n) is 4.98. The highest BCUT2D eigenvalue weighted by Gasteiger charge is 2.47. The number of phenols is 2. The third-order valence-corrected chi connectivity index (χ3v) is 7.68. The number of benzene rings is 2. The summed E-state index contributed by atoms with van der Waals surface area (Å²) in [5.41, 5.74) is 0.296. The summed E-state index contributed by atoms with van der Waals surface area (Å²) in [5, 5.41) is 72.7. The number of phenolic OH excluding ortho intramolecular Hbond substituents is 2. The van der Waals surface area contributed by atoms with Gasteiger partial charge in [0.25, 0.3) is 0 Å². The summed E-state index contributed by atoms with van der Waals surface area (Å²) in [6.07, 6.45) is -9.15. The van der Waals surface area contributed by atoms with Crippen molar-refractivity contribution in [1.29, 1.82) is 0 Å². The topological polar surface area (TPSA) is 214 Å². The number of hydrogen-bond acceptors (Lipinski definition) is 14. The minimum atomic E-state index is -1.73. The monoisotopic (exact) mass is 622 g/mol. The van der Waals surface area contributed by atoms with E-state index in [9.17, 15) is 40.5 Å². The Morgan fingerprint density at radius 2 is 1.52 bits per heavy atom. The molecule has 10 atom stereocenters. The van der Waals surface area contributed by atoms with Crippen LogP contribution in [0.5, 0.6) is 28.7 Å². The predicted molar refractivity (Wildman–Crippen MR) is 151 cm³/mol. The van der Waals surface area contributed by atoms with Gasteiger partial charge in [0.15, 0.2) is 23.6 Å². The first-order chi connectivity index (χ1) is 20.9. The Balaban J connectivity index is 1.46. The standard InChI is InChI=1S/C30H38O14/c1-13-24(34)14(2)42-29(25(13)35)41-12-22-26(36)27(37)28(38)30(44-22)43-16-10-19(33)23(21(11-16)40-4)17(31)7-5-15-6-8-20(39-3)18(32)9-15/h5-11,13-14,22,24-30,32-38H,12H2,1-4H3/b7-5+/t13?,14-,22+,24+,25?,26+,27-,28+,29+,30+/m0/s1. The Morgan fingerprint density at radius 1 is 0.818 bits per heavy atom. The molecule has 0 amide bonds. The fraction of sp³-hybridized carbons (Fsp3) is 0.500. The van der Waals surface area contributed by atoms with Gasteiger partial charge in [-0.3, -0.25) is 4.79 Å². The Kier molecular flexibility index (Phi) is 10.7. The van der Waals surface area contributed by atoms with Crippen LogP contribution in [0.3, 0.4) is 0 Å². The first-order valence-corrected chi connectivity index (χ1v) is 13.9. The van der Waals surface area contributed by atoms with Gasteiger partial charge in [-0.15, -0.1) is 0 Å². The van der Waals surface area contributed by atoms with Crippen molar-refractivity contribution in [2.75, 3.05) is 20.8 Å². The molecular formula is C30H38O14. The molecule has 0 radical (unpaired) electrons. The van der Waals surface area contributed by atoms with Crippen LogP contribution in [0.25, 0.3) is 6.08 Å². The zero-order valence-corrected chi connectivity index (χ0v) is 24.5. The first kappa shape index (κ1) is 33.4. The first-order valence-electron chi connectivity index (χ1n) is 13.9. The maximum atomic E-state index is 12.9. The molecule has 242 valence electrons. The second-order valence-corrected chi connectivity index (χ2v) is 10.7. The number of allylic oxidation sites excluding steroid dienone is 1. The molecule has 0 spiro atoms. The van der Waals surface area contributed by atoms with Crippen molar-refractivity contribution in [2.24, 2.45) is 5.92 Å². The van der Waals surface area contributed by atoms with E-state index < -0.39 is 72.8 Å². The molecule has 0 aliphatic carbocycles. The van der Waals surface area contributed by atoms with Crippen LogP contribution in [0.4, 0.5) is 0 Å². The Bertz CT molecular complexity index is 1330. The summed E-state index contributed by atoms with van der Waals surface area (Å²) in [4.78, 5) is 12.9. The van der Waals surface area contributed by atoms with Crippen LogP contribution in [0.2, 0.25) is 0 Å². The molecule has 2 saturated heterocycles. The van der Waals surface area contributed by atoms with E-state index in [1.165, 1.54) is 44.6 Å². The molecule has 0 saturated carbocycles. The molecule has 2 aliphatic heterocycles. The third-order valence-electron chi connectivity index (χ3n) is 7.68. The van der Waals surface area contributed by atoms with E-state index in [4.69, 9.17) is 28.4 Å². The molecule has 2 fully saturated rings. The number of carbonyl (C=O) groups excluding carboxylic acids is 1. The van der Waals surface area contributed by atoms with Gasteiger partial charge in [-0.05, 0) is 30.7 Å². The Hall–Kier alpha value is -3.47. The van der Waals surface area contributed by atoms with Crippen LogP contribution < -0.4 is 14.2 Å². The quantitative estimate of drug-likeness (QED) is 0.140. The van der Waals surface area contributed by atoms with Crippen LogP contribution in [-0.2, 0) is 14.2 Å². The van der Waals surface area contributed by atoms with Gasteiger partial charge >= 0.3 is 0 Å². The van der Waals surface area contributed by atoms with Crippen molar-refractivity contribution < 1.29 is 69.0 Å². The normalized spacial score (nSPS) is 32.4. The van der Waals surface area contributed by atoms with Gasteiger partial charge in [0.2, 0.25) is 6.29 Å². The minimum absolute atomic E-state index is 0.0770. The number of aliphatic hydroxyl groups excluding tert-OH is 5. The number of rotatable bonds is 10. The summed E-state index contributed by atoms with van der Waals surface area (Å²) in [5.74, 6) is -1.75. The fourth-order valence-corrected chi connectivity index (χ4v) is 4.98. The predicted octanol–water partition coefficient (Wildman–Crippen LogP) is 0.317. The maximum absolute atomic E-state index is 12.9. The van der Waals surface area contributed by atoms with Crippen molar-refractivity contribution >= 4 is 11.9 Å². The molecule has 0 aromatic heterocycles. The van der Waals surface area contributed by atoms with E-state index in [2.05, 4.69) is 0 Å². The summed E-state index contributed by atoms with van der Waals surface area (Å²) in [6, 6.07) is 6.88. The lowest BCUT2D eigenvalue weighted by molar-refractivity contribution is -0.312. The second kappa shape index (κ2) is 14.1. The van der Waals surface area contributed by atoms with Crippen LogP contribution in [0.15, 0.2) is 36.4 Å². The van der Waals surface area contributed by atoms with E-state index in [1.54, 1.807) is 19.9 Å². The highest BCUT2D eigenvalue weighted by atomic mass is 16.7. The number of aliphatic hydroxyl groups is 5. The number of aromatic hydroxyl groups is 2. The molecule has 2 unspecified atom stereocenters. The SMILES string of the molecule is COc1ccc(/C=C/C(=O)c2c(O)cc(O[C@@H]3O[C@H](CO[C@@H]4O[C@@H](C)[C@H](O)C(C)C4O)[C@@H](O)[C@H](O)[C@H]3O)cc2OC)cc1O. The number of hydrogen-bond donors (Lipinski definition) is 7. The van der Waals surface area contributed by atoms with E-state index in [0.29, 0.717) is 5.56 Å². The summed E-state index contributed by atoms with van der Waals surface area (Å²) in [7, 11) is 2.67. The van der Waals surface area contributed by atoms with Gasteiger partial charge in [0.1, 0.15) is 53.3 Å². The number of ether oxygens (including phenoxy) is 6. The molecule has 14 heteroatoms. The highest BCUT2D eigenvalue weighted by Crippen LogP contribution is 2.36. The lowest BCUT2D eigenvalue weighted by atomic mass is 9.91. The average Bonchev–Trinajstić information content (AvgIpc) is 3.00. The molecule has 2 aromatic rings. The van der Waals surface area contributed by atoms with E-state index >= 15 is 0 Å². The molecule has 7 N–H and O–H groups in total.